The number of carbonyl (C=O) groups excluding carboxylic acids is 1. The highest BCUT2D eigenvalue weighted by atomic mass is 32.2. The van der Waals surface area contributed by atoms with Crippen LogP contribution in [0.5, 0.6) is 5.75 Å². The highest BCUT2D eigenvalue weighted by molar-refractivity contribution is 7.92. The second-order valence-corrected chi connectivity index (χ2v) is 9.73. The van der Waals surface area contributed by atoms with Crippen LogP contribution in [0.25, 0.3) is 0 Å². The van der Waals surface area contributed by atoms with E-state index in [9.17, 15) is 17.6 Å². The fourth-order valence-electron chi connectivity index (χ4n) is 2.95. The Morgan fingerprint density at radius 2 is 2.04 bits per heavy atom. The second-order valence-electron chi connectivity index (χ2n) is 7.16. The van der Waals surface area contributed by atoms with Gasteiger partial charge in [-0.1, -0.05) is 12.1 Å². The summed E-state index contributed by atoms with van der Waals surface area (Å²) in [6.45, 7) is 2.50. The second kappa shape index (κ2) is 7.82. The highest BCUT2D eigenvalue weighted by Crippen LogP contribution is 2.28. The lowest BCUT2D eigenvalue weighted by molar-refractivity contribution is -0.133. The molecule has 1 aliphatic heterocycles. The Hall–Kier alpha value is -2.18. The lowest BCUT2D eigenvalue weighted by atomic mass is 10.0. The van der Waals surface area contributed by atoms with Gasteiger partial charge in [0.05, 0.1) is 30.2 Å². The van der Waals surface area contributed by atoms with Crippen LogP contribution in [0.4, 0.5) is 4.39 Å². The third-order valence-corrected chi connectivity index (χ3v) is 7.58. The highest BCUT2D eigenvalue weighted by Gasteiger charge is 2.47. The number of benzene rings is 1. The summed E-state index contributed by atoms with van der Waals surface area (Å²) < 4.78 is 42.9. The molecule has 1 aromatic carbocycles. The van der Waals surface area contributed by atoms with Crippen molar-refractivity contribution in [2.45, 2.75) is 49.0 Å². The van der Waals surface area contributed by atoms with Gasteiger partial charge >= 0.3 is 0 Å². The first-order valence-corrected chi connectivity index (χ1v) is 10.1. The van der Waals surface area contributed by atoms with Crippen molar-refractivity contribution >= 4 is 15.7 Å². The Kier molecular flexibility index (Phi) is 6.12. The Labute approximate surface area is 158 Å². The maximum absolute atomic E-state index is 13.6. The van der Waals surface area contributed by atoms with Crippen LogP contribution in [-0.2, 0) is 20.4 Å². The van der Waals surface area contributed by atoms with E-state index in [0.717, 1.165) is 4.90 Å². The largest absolute Gasteiger partial charge is 0.497 e. The smallest absolute Gasteiger partial charge is 0.242 e. The number of amides is 1. The topological polar surface area (TPSA) is 113 Å². The van der Waals surface area contributed by atoms with Gasteiger partial charge in [0, 0.05) is 6.42 Å². The predicted octanol–water partition coefficient (Wildman–Crippen LogP) is 1.18. The molecule has 1 heterocycles. The van der Waals surface area contributed by atoms with Gasteiger partial charge in [-0.3, -0.25) is 4.79 Å². The van der Waals surface area contributed by atoms with E-state index in [4.69, 9.17) is 15.7 Å². The number of carbonyl (C=O) groups is 1. The average molecular weight is 397 g/mol. The molecule has 3 atom stereocenters. The first-order valence-electron chi connectivity index (χ1n) is 8.48. The first kappa shape index (κ1) is 21.1. The van der Waals surface area contributed by atoms with Gasteiger partial charge in [0.2, 0.25) is 5.91 Å². The van der Waals surface area contributed by atoms with Crippen molar-refractivity contribution in [3.63, 3.8) is 0 Å². The molecule has 0 radical (unpaired) electrons. The van der Waals surface area contributed by atoms with Gasteiger partial charge in [-0.05, 0) is 31.5 Å². The first-order chi connectivity index (χ1) is 12.5. The van der Waals surface area contributed by atoms with Crippen LogP contribution in [0, 0.1) is 11.3 Å². The summed E-state index contributed by atoms with van der Waals surface area (Å²) in [4.78, 5) is 13.7. The minimum absolute atomic E-state index is 0.0893. The summed E-state index contributed by atoms with van der Waals surface area (Å²) in [5.74, 6) is -0.442. The van der Waals surface area contributed by atoms with Crippen molar-refractivity contribution in [2.24, 2.45) is 5.73 Å². The van der Waals surface area contributed by atoms with Gasteiger partial charge in [-0.2, -0.15) is 5.26 Å². The number of methoxy groups -OCH3 is 1. The van der Waals surface area contributed by atoms with Gasteiger partial charge in [0.1, 0.15) is 24.0 Å². The Morgan fingerprint density at radius 3 is 2.56 bits per heavy atom. The standard InChI is InChI=1S/C18H24FN3O4S/c1-18(2,16(21)17(23)22-10-13(19)8-14(22)9-20)27(24,25)11-12-4-6-15(26-3)7-5-12/h4-7,13-14,16H,8,10-11,21H2,1-3H3/t13?,14-,16+/m0/s1. The molecule has 2 N–H and O–H groups in total. The molecule has 1 aliphatic rings. The van der Waals surface area contributed by atoms with Gasteiger partial charge in [-0.25, -0.2) is 12.8 Å². The van der Waals surface area contributed by atoms with E-state index in [1.165, 1.54) is 21.0 Å². The molecule has 0 saturated carbocycles. The van der Waals surface area contributed by atoms with E-state index in [-0.39, 0.29) is 18.7 Å². The molecule has 1 unspecified atom stereocenters. The molecule has 0 spiro atoms. The summed E-state index contributed by atoms with van der Waals surface area (Å²) in [7, 11) is -2.33. The molecule has 7 nitrogen and oxygen atoms in total. The number of rotatable bonds is 6. The van der Waals surface area contributed by atoms with Gasteiger partial charge < -0.3 is 15.4 Å². The number of nitrogens with two attached hydrogens (primary N) is 1. The van der Waals surface area contributed by atoms with Crippen LogP contribution >= 0.6 is 0 Å². The molecule has 2 rings (SSSR count). The Bertz CT molecular complexity index is 833. The van der Waals surface area contributed by atoms with E-state index < -0.39 is 38.7 Å². The minimum Gasteiger partial charge on any atom is -0.497 e. The molecule has 9 heteroatoms. The van der Waals surface area contributed by atoms with Crippen molar-refractivity contribution in [3.05, 3.63) is 29.8 Å². The zero-order valence-corrected chi connectivity index (χ0v) is 16.4. The summed E-state index contributed by atoms with van der Waals surface area (Å²) in [5.41, 5.74) is 6.53. The number of nitriles is 1. The van der Waals surface area contributed by atoms with E-state index in [1.807, 2.05) is 6.07 Å². The molecular weight excluding hydrogens is 373 g/mol. The summed E-state index contributed by atoms with van der Waals surface area (Å²) >= 11 is 0. The van der Waals surface area contributed by atoms with Crippen molar-refractivity contribution < 1.29 is 22.3 Å². The summed E-state index contributed by atoms with van der Waals surface area (Å²) in [6, 6.07) is 6.06. The number of ether oxygens (including phenoxy) is 1. The average Bonchev–Trinajstić information content (AvgIpc) is 3.01. The van der Waals surface area contributed by atoms with Gasteiger partial charge in [0.15, 0.2) is 9.84 Å². The number of likely N-dealkylation sites (tertiary alicyclic amines) is 1. The quantitative estimate of drug-likeness (QED) is 0.771. The zero-order chi connectivity index (χ0) is 20.4. The molecule has 1 aromatic rings. The van der Waals surface area contributed by atoms with Crippen molar-refractivity contribution in [3.8, 4) is 11.8 Å². The van der Waals surface area contributed by atoms with Gasteiger partial charge in [0.25, 0.3) is 0 Å². The maximum Gasteiger partial charge on any atom is 0.242 e. The van der Waals surface area contributed by atoms with Crippen LogP contribution in [0.2, 0.25) is 0 Å². The summed E-state index contributed by atoms with van der Waals surface area (Å²) in [5, 5.41) is 9.11. The van der Waals surface area contributed by atoms with E-state index in [2.05, 4.69) is 0 Å². The molecule has 1 fully saturated rings. The fraction of sp³-hybridized carbons (Fsp3) is 0.556. The minimum atomic E-state index is -3.83. The predicted molar refractivity (Wildman–Crippen MR) is 98.3 cm³/mol. The molecule has 0 aromatic heterocycles. The molecule has 0 aliphatic carbocycles. The van der Waals surface area contributed by atoms with E-state index in [0.29, 0.717) is 11.3 Å². The number of halogens is 1. The molecule has 148 valence electrons. The van der Waals surface area contributed by atoms with Crippen molar-refractivity contribution in [1.82, 2.24) is 4.90 Å². The third-order valence-electron chi connectivity index (χ3n) is 5.01. The number of sulfone groups is 1. The normalized spacial score (nSPS) is 21.6. The third kappa shape index (κ3) is 4.22. The SMILES string of the molecule is COc1ccc(CS(=O)(=O)C(C)(C)[C@H](N)C(=O)N2CC(F)C[C@H]2C#N)cc1. The van der Waals surface area contributed by atoms with Crippen LogP contribution < -0.4 is 10.5 Å². The number of nitrogens with zero attached hydrogens (tertiary/aromatic N) is 2. The van der Waals surface area contributed by atoms with Gasteiger partial charge in [-0.15, -0.1) is 0 Å². The molecular formula is C18H24FN3O4S. The zero-order valence-electron chi connectivity index (χ0n) is 15.6. The molecule has 0 bridgehead atoms. The number of alkyl halides is 1. The van der Waals surface area contributed by atoms with E-state index in [1.54, 1.807) is 24.3 Å². The van der Waals surface area contributed by atoms with E-state index >= 15 is 0 Å². The maximum atomic E-state index is 13.6. The number of hydrogen-bond donors (Lipinski definition) is 1. The van der Waals surface area contributed by atoms with Crippen molar-refractivity contribution in [1.29, 1.82) is 5.26 Å². The van der Waals surface area contributed by atoms with Crippen molar-refractivity contribution in [2.75, 3.05) is 13.7 Å². The van der Waals surface area contributed by atoms with Crippen LogP contribution in [0.15, 0.2) is 24.3 Å². The lowest BCUT2D eigenvalue weighted by Gasteiger charge is -2.33. The Balaban J connectivity index is 2.21. The molecule has 1 amide bonds. The summed E-state index contributed by atoms with van der Waals surface area (Å²) in [6.07, 6.45) is -1.40. The number of hydrogen-bond acceptors (Lipinski definition) is 6. The molecule has 1 saturated heterocycles. The fourth-order valence-corrected chi connectivity index (χ4v) is 4.44. The van der Waals surface area contributed by atoms with Crippen LogP contribution in [0.1, 0.15) is 25.8 Å². The lowest BCUT2D eigenvalue weighted by Crippen LogP contribution is -2.59. The molecule has 27 heavy (non-hydrogen) atoms. The monoisotopic (exact) mass is 397 g/mol. The van der Waals surface area contributed by atoms with Crippen LogP contribution in [0.3, 0.4) is 0 Å². The Morgan fingerprint density at radius 1 is 1.44 bits per heavy atom. The van der Waals surface area contributed by atoms with Crippen LogP contribution in [-0.4, -0.2) is 55.9 Å².